The molecule has 0 radical (unpaired) electrons. The van der Waals surface area contributed by atoms with E-state index in [0.29, 0.717) is 22.0 Å². The second-order valence-electron chi connectivity index (χ2n) is 10.6. The molecule has 0 aliphatic heterocycles. The lowest BCUT2D eigenvalue weighted by atomic mass is 10.2. The first kappa shape index (κ1) is 37.6. The van der Waals surface area contributed by atoms with Crippen LogP contribution < -0.4 is 34.1 Å². The molecule has 0 spiro atoms. The summed E-state index contributed by atoms with van der Waals surface area (Å²) in [6.07, 6.45) is 0.0217. The lowest BCUT2D eigenvalue weighted by Gasteiger charge is -2.17. The Hall–Kier alpha value is -4.58. The molecule has 0 saturated heterocycles. The number of methoxy groups -OCH3 is 1. The number of esters is 2. The predicted octanol–water partition coefficient (Wildman–Crippen LogP) is -2.73. The highest BCUT2D eigenvalue weighted by molar-refractivity contribution is 5.69. The number of carbonyl (C=O) groups is 2. The third-order valence-electron chi connectivity index (χ3n) is 7.14. The number of nitrogens with zero attached hydrogens (tertiary/aromatic N) is 6. The number of aromatic nitrogens is 6. The number of aliphatic hydroxyl groups is 2. The Morgan fingerprint density at radius 1 is 0.717 bits per heavy atom. The molecule has 0 aliphatic rings. The van der Waals surface area contributed by atoms with Gasteiger partial charge in [0.1, 0.15) is 12.7 Å². The fraction of sp³-hybridized carbons (Fsp3) is 0.643. The van der Waals surface area contributed by atoms with E-state index in [4.69, 9.17) is 4.74 Å². The van der Waals surface area contributed by atoms with Gasteiger partial charge in [-0.15, -0.1) is 6.58 Å². The molecule has 0 amide bonds. The Bertz CT molecular complexity index is 1740. The van der Waals surface area contributed by atoms with E-state index in [-0.39, 0.29) is 58.3 Å². The summed E-state index contributed by atoms with van der Waals surface area (Å²) < 4.78 is 14.2. The molecule has 256 valence electrons. The zero-order valence-electron chi connectivity index (χ0n) is 26.3. The maximum atomic E-state index is 12.9. The van der Waals surface area contributed by atoms with E-state index in [0.717, 1.165) is 18.3 Å². The molecule has 0 saturated carbocycles. The standard InChI is InChI=1S/C28H42N6O12/c1-5-13-30-26(42)33(16-19(35)6-2)28(44)34(27(30)43)17-20(36)18-46-22(38)12-8-10-15-32-24(40)29(3)23(39)31(25(32)41)14-9-7-11-21(37)45-4/h5,19-20,35-36H,1,6-18H2,2-4H3. The molecule has 0 aromatic carbocycles. The summed E-state index contributed by atoms with van der Waals surface area (Å²) in [6, 6.07) is 0. The van der Waals surface area contributed by atoms with Gasteiger partial charge in [-0.3, -0.25) is 9.59 Å². The normalized spacial score (nSPS) is 12.5. The molecule has 2 aromatic rings. The first-order valence-corrected chi connectivity index (χ1v) is 14.8. The van der Waals surface area contributed by atoms with E-state index in [1.165, 1.54) is 20.2 Å². The smallest absolute Gasteiger partial charge is 0.336 e. The maximum absolute atomic E-state index is 12.9. The van der Waals surface area contributed by atoms with E-state index in [2.05, 4.69) is 11.3 Å². The van der Waals surface area contributed by atoms with Gasteiger partial charge in [0, 0.05) is 33.0 Å². The van der Waals surface area contributed by atoms with Crippen LogP contribution in [0.4, 0.5) is 0 Å². The largest absolute Gasteiger partial charge is 0.469 e. The monoisotopic (exact) mass is 654 g/mol. The lowest BCUT2D eigenvalue weighted by Crippen LogP contribution is -2.56. The first-order chi connectivity index (χ1) is 21.8. The average molecular weight is 655 g/mol. The fourth-order valence-electron chi connectivity index (χ4n) is 4.46. The average Bonchev–Trinajstić information content (AvgIpc) is 3.03. The van der Waals surface area contributed by atoms with Gasteiger partial charge in [0.25, 0.3) is 0 Å². The summed E-state index contributed by atoms with van der Waals surface area (Å²) in [7, 11) is 2.49. The number of aliphatic hydroxyl groups excluding tert-OH is 2. The molecule has 0 aliphatic carbocycles. The van der Waals surface area contributed by atoms with Crippen molar-refractivity contribution in [3.05, 3.63) is 75.6 Å². The van der Waals surface area contributed by atoms with E-state index < -0.39 is 71.4 Å². The minimum absolute atomic E-state index is 0.00657. The summed E-state index contributed by atoms with van der Waals surface area (Å²) >= 11 is 0. The van der Waals surface area contributed by atoms with Gasteiger partial charge in [0.05, 0.1) is 32.8 Å². The first-order valence-electron chi connectivity index (χ1n) is 14.8. The number of unbranched alkanes of at least 4 members (excludes halogenated alkanes) is 2. The van der Waals surface area contributed by atoms with E-state index >= 15 is 0 Å². The lowest BCUT2D eigenvalue weighted by molar-refractivity contribution is -0.147. The van der Waals surface area contributed by atoms with Gasteiger partial charge in [0.2, 0.25) is 0 Å². The van der Waals surface area contributed by atoms with Crippen molar-refractivity contribution < 1.29 is 29.3 Å². The van der Waals surface area contributed by atoms with Crippen LogP contribution >= 0.6 is 0 Å². The van der Waals surface area contributed by atoms with Crippen LogP contribution in [-0.4, -0.2) is 75.5 Å². The summed E-state index contributed by atoms with van der Waals surface area (Å²) in [5.41, 5.74) is -5.39. The van der Waals surface area contributed by atoms with E-state index in [1.807, 2.05) is 0 Å². The zero-order valence-corrected chi connectivity index (χ0v) is 26.3. The molecule has 0 bridgehead atoms. The molecular formula is C28H42N6O12. The van der Waals surface area contributed by atoms with Crippen molar-refractivity contribution in [2.75, 3.05) is 13.7 Å². The van der Waals surface area contributed by atoms with Gasteiger partial charge in [-0.05, 0) is 32.1 Å². The Morgan fingerprint density at radius 3 is 1.65 bits per heavy atom. The van der Waals surface area contributed by atoms with Crippen LogP contribution in [-0.2, 0) is 58.8 Å². The van der Waals surface area contributed by atoms with E-state index in [9.17, 15) is 48.6 Å². The third kappa shape index (κ3) is 9.71. The van der Waals surface area contributed by atoms with Gasteiger partial charge in [-0.2, -0.15) is 0 Å². The highest BCUT2D eigenvalue weighted by atomic mass is 16.5. The summed E-state index contributed by atoms with van der Waals surface area (Å²) in [4.78, 5) is 99.7. The van der Waals surface area contributed by atoms with Crippen molar-refractivity contribution >= 4 is 11.9 Å². The van der Waals surface area contributed by atoms with Crippen molar-refractivity contribution in [1.82, 2.24) is 27.4 Å². The number of carbonyl (C=O) groups excluding carboxylic acids is 2. The molecule has 18 nitrogen and oxygen atoms in total. The Kier molecular flexibility index (Phi) is 14.5. The number of hydrogen-bond donors (Lipinski definition) is 2. The van der Waals surface area contributed by atoms with Gasteiger partial charge in [0.15, 0.2) is 0 Å². The van der Waals surface area contributed by atoms with Crippen molar-refractivity contribution in [2.24, 2.45) is 7.05 Å². The van der Waals surface area contributed by atoms with Crippen LogP contribution in [0.1, 0.15) is 51.9 Å². The number of hydrogen-bond acceptors (Lipinski definition) is 12. The Morgan fingerprint density at radius 2 is 1.17 bits per heavy atom. The second kappa shape index (κ2) is 17.8. The maximum Gasteiger partial charge on any atom is 0.336 e. The molecule has 2 atom stereocenters. The number of ether oxygens (including phenoxy) is 2. The minimum atomic E-state index is -1.50. The van der Waals surface area contributed by atoms with Gasteiger partial charge in [-0.25, -0.2) is 56.2 Å². The summed E-state index contributed by atoms with van der Waals surface area (Å²) in [5.74, 6) is -1.16. The second-order valence-corrected chi connectivity index (χ2v) is 10.6. The molecule has 2 aromatic heterocycles. The van der Waals surface area contributed by atoms with Crippen LogP contribution in [0, 0.1) is 0 Å². The molecule has 2 heterocycles. The molecule has 2 rings (SSSR count). The molecular weight excluding hydrogens is 612 g/mol. The zero-order chi connectivity index (χ0) is 34.6. The molecule has 2 N–H and O–H groups in total. The molecule has 46 heavy (non-hydrogen) atoms. The molecule has 2 unspecified atom stereocenters. The topological polar surface area (TPSA) is 225 Å². The quantitative estimate of drug-likeness (QED) is 0.0895. The highest BCUT2D eigenvalue weighted by Crippen LogP contribution is 2.01. The summed E-state index contributed by atoms with van der Waals surface area (Å²) in [5, 5.41) is 20.4. The van der Waals surface area contributed by atoms with E-state index in [1.54, 1.807) is 6.92 Å². The van der Waals surface area contributed by atoms with Gasteiger partial charge in [-0.1, -0.05) is 13.0 Å². The van der Waals surface area contributed by atoms with Crippen molar-refractivity contribution in [3.8, 4) is 0 Å². The van der Waals surface area contributed by atoms with Crippen LogP contribution in [0.5, 0.6) is 0 Å². The SMILES string of the molecule is C=CCn1c(=O)n(CC(O)CC)c(=O)n(CC(O)COC(=O)CCCCn2c(=O)n(C)c(=O)n(CCCCC(=O)OC)c2=O)c1=O. The highest BCUT2D eigenvalue weighted by Gasteiger charge is 2.20. The minimum Gasteiger partial charge on any atom is -0.469 e. The predicted molar refractivity (Wildman–Crippen MR) is 163 cm³/mol. The third-order valence-corrected chi connectivity index (χ3v) is 7.14. The van der Waals surface area contributed by atoms with Crippen LogP contribution in [0.25, 0.3) is 0 Å². The van der Waals surface area contributed by atoms with Crippen molar-refractivity contribution in [2.45, 2.75) is 96.8 Å². The van der Waals surface area contributed by atoms with Crippen molar-refractivity contribution in [3.63, 3.8) is 0 Å². The number of rotatable bonds is 19. The van der Waals surface area contributed by atoms with Crippen LogP contribution in [0.3, 0.4) is 0 Å². The molecule has 0 fully saturated rings. The van der Waals surface area contributed by atoms with Crippen LogP contribution in [0.15, 0.2) is 41.4 Å². The number of allylic oxidation sites excluding steroid dienone is 1. The van der Waals surface area contributed by atoms with Gasteiger partial charge >= 0.3 is 46.1 Å². The Labute approximate surface area is 262 Å². The summed E-state index contributed by atoms with van der Waals surface area (Å²) in [6.45, 7) is 3.26. The molecule has 18 heteroatoms. The van der Waals surface area contributed by atoms with Gasteiger partial charge < -0.3 is 19.7 Å². The van der Waals surface area contributed by atoms with Crippen LogP contribution in [0.2, 0.25) is 0 Å². The van der Waals surface area contributed by atoms with Crippen molar-refractivity contribution in [1.29, 1.82) is 0 Å². The fourth-order valence-corrected chi connectivity index (χ4v) is 4.46. The Balaban J connectivity index is 1.99.